The Bertz CT molecular complexity index is 693. The topological polar surface area (TPSA) is 68.2 Å². The highest BCUT2D eigenvalue weighted by molar-refractivity contribution is 6.88. The molecule has 134 valence electrons. The van der Waals surface area contributed by atoms with Crippen molar-refractivity contribution < 1.29 is 0 Å². The van der Waals surface area contributed by atoms with E-state index in [-0.39, 0.29) is 0 Å². The Labute approximate surface area is 152 Å². The second kappa shape index (κ2) is 7.18. The van der Waals surface area contributed by atoms with Gasteiger partial charge in [0.25, 0.3) is 0 Å². The Kier molecular flexibility index (Phi) is 5.15. The summed E-state index contributed by atoms with van der Waals surface area (Å²) < 4.78 is 0. The van der Waals surface area contributed by atoms with Gasteiger partial charge in [0, 0.05) is 24.0 Å². The highest BCUT2D eigenvalue weighted by Crippen LogP contribution is 2.34. The summed E-state index contributed by atoms with van der Waals surface area (Å²) in [6, 6.07) is 11.1. The van der Waals surface area contributed by atoms with E-state index < -0.39 is 8.07 Å². The summed E-state index contributed by atoms with van der Waals surface area (Å²) in [6.07, 6.45) is 3.87. The molecule has 3 rings (SSSR count). The van der Waals surface area contributed by atoms with Gasteiger partial charge in [0.05, 0.1) is 8.07 Å². The molecule has 0 saturated carbocycles. The molecule has 2 heterocycles. The summed E-state index contributed by atoms with van der Waals surface area (Å²) in [7, 11) is -1.21. The first kappa shape index (κ1) is 18.0. The number of hydrogen-bond acceptors (Lipinski definition) is 4. The Morgan fingerprint density at radius 3 is 2.24 bits per heavy atom. The zero-order chi connectivity index (χ0) is 18.0. The third kappa shape index (κ3) is 4.22. The molecular weight excluding hydrogens is 324 g/mol. The lowest BCUT2D eigenvalue weighted by Crippen LogP contribution is -2.37. The number of anilines is 2. The van der Waals surface area contributed by atoms with Gasteiger partial charge >= 0.3 is 0 Å². The van der Waals surface area contributed by atoms with Crippen LogP contribution in [0.25, 0.3) is 0 Å². The van der Waals surface area contributed by atoms with Crippen LogP contribution in [0.4, 0.5) is 11.5 Å². The predicted octanol–water partition coefficient (Wildman–Crippen LogP) is 3.17. The summed E-state index contributed by atoms with van der Waals surface area (Å²) >= 11 is 0. The van der Waals surface area contributed by atoms with E-state index >= 15 is 0 Å². The van der Waals surface area contributed by atoms with E-state index in [1.807, 2.05) is 6.07 Å². The van der Waals surface area contributed by atoms with Gasteiger partial charge in [0.1, 0.15) is 5.82 Å². The largest absolute Gasteiger partial charge is 0.398 e. The van der Waals surface area contributed by atoms with Crippen molar-refractivity contribution in [2.75, 3.05) is 24.6 Å². The molecule has 0 spiro atoms. The van der Waals surface area contributed by atoms with Gasteiger partial charge in [-0.15, -0.1) is 0 Å². The number of nitrogen functional groups attached to an aromatic ring is 2. The molecule has 0 bridgehead atoms. The number of nitrogens with zero attached hydrogens (tertiary/aromatic N) is 2. The molecule has 0 amide bonds. The first-order valence-electron chi connectivity index (χ1n) is 9.16. The van der Waals surface area contributed by atoms with Crippen molar-refractivity contribution >= 4 is 24.8 Å². The molecule has 1 aromatic carbocycles. The van der Waals surface area contributed by atoms with E-state index in [2.05, 4.69) is 53.8 Å². The average Bonchev–Trinajstić information content (AvgIpc) is 2.56. The summed E-state index contributed by atoms with van der Waals surface area (Å²) in [5.74, 6) is 1.03. The first-order valence-corrected chi connectivity index (χ1v) is 12.7. The minimum atomic E-state index is -1.21. The quantitative estimate of drug-likeness (QED) is 0.828. The minimum absolute atomic E-state index is 0.430. The number of rotatable bonds is 4. The number of likely N-dealkylation sites (tertiary alicyclic amines) is 1. The maximum atomic E-state index is 6.13. The highest BCUT2D eigenvalue weighted by atomic mass is 28.3. The van der Waals surface area contributed by atoms with Gasteiger partial charge in [-0.3, -0.25) is 4.90 Å². The van der Waals surface area contributed by atoms with Gasteiger partial charge in [0.15, 0.2) is 0 Å². The Morgan fingerprint density at radius 1 is 1.04 bits per heavy atom. The SMILES string of the molecule is C[Si](C)(C)c1ccc(CN2CCC(c3c(N)ccnc3N)CC2)cc1. The Hall–Kier alpha value is -1.85. The number of benzene rings is 1. The van der Waals surface area contributed by atoms with Crippen molar-refractivity contribution in [1.29, 1.82) is 0 Å². The van der Waals surface area contributed by atoms with Gasteiger partial charge < -0.3 is 11.5 Å². The molecule has 0 aliphatic carbocycles. The van der Waals surface area contributed by atoms with Crippen molar-refractivity contribution in [2.45, 2.75) is 44.9 Å². The Balaban J connectivity index is 1.60. The van der Waals surface area contributed by atoms with Gasteiger partial charge in [-0.25, -0.2) is 4.98 Å². The van der Waals surface area contributed by atoms with Crippen molar-refractivity contribution in [3.8, 4) is 0 Å². The molecule has 5 heteroatoms. The molecule has 0 unspecified atom stereocenters. The zero-order valence-electron chi connectivity index (χ0n) is 15.6. The zero-order valence-corrected chi connectivity index (χ0v) is 16.6. The van der Waals surface area contributed by atoms with Crippen LogP contribution in [0.1, 0.15) is 29.9 Å². The highest BCUT2D eigenvalue weighted by Gasteiger charge is 2.24. The molecule has 1 fully saturated rings. The van der Waals surface area contributed by atoms with Crippen LogP contribution in [0.2, 0.25) is 19.6 Å². The van der Waals surface area contributed by atoms with Gasteiger partial charge in [-0.2, -0.15) is 0 Å². The van der Waals surface area contributed by atoms with Gasteiger partial charge in [-0.1, -0.05) is 49.1 Å². The van der Waals surface area contributed by atoms with E-state index in [1.165, 1.54) is 10.8 Å². The van der Waals surface area contributed by atoms with E-state index in [0.717, 1.165) is 43.7 Å². The normalized spacial score (nSPS) is 16.9. The van der Waals surface area contributed by atoms with Crippen molar-refractivity contribution in [3.63, 3.8) is 0 Å². The number of pyridine rings is 1. The van der Waals surface area contributed by atoms with Crippen LogP contribution in [-0.4, -0.2) is 31.0 Å². The molecule has 0 atom stereocenters. The maximum Gasteiger partial charge on any atom is 0.128 e. The standard InChI is InChI=1S/C20H30N4Si/c1-25(2,3)17-6-4-15(5-7-17)14-24-12-9-16(10-13-24)19-18(21)8-11-23-20(19)22/h4-8,11,16H,9-10,12-14H2,1-3H3,(H4,21,22,23). The molecular formula is C20H30N4Si. The van der Waals surface area contributed by atoms with Crippen LogP contribution >= 0.6 is 0 Å². The minimum Gasteiger partial charge on any atom is -0.398 e. The van der Waals surface area contributed by atoms with Crippen LogP contribution < -0.4 is 16.7 Å². The molecule has 1 saturated heterocycles. The molecule has 25 heavy (non-hydrogen) atoms. The van der Waals surface area contributed by atoms with Crippen LogP contribution in [0.5, 0.6) is 0 Å². The number of aromatic nitrogens is 1. The molecule has 4 N–H and O–H groups in total. The second-order valence-corrected chi connectivity index (χ2v) is 13.3. The summed E-state index contributed by atoms with van der Waals surface area (Å²) in [5.41, 5.74) is 15.4. The fraction of sp³-hybridized carbons (Fsp3) is 0.450. The molecule has 1 aliphatic rings. The van der Waals surface area contributed by atoms with Crippen LogP contribution in [0.3, 0.4) is 0 Å². The number of hydrogen-bond donors (Lipinski definition) is 2. The Morgan fingerprint density at radius 2 is 1.68 bits per heavy atom. The fourth-order valence-corrected chi connectivity index (χ4v) is 4.86. The van der Waals surface area contributed by atoms with E-state index in [9.17, 15) is 0 Å². The lowest BCUT2D eigenvalue weighted by molar-refractivity contribution is 0.205. The number of nitrogens with two attached hydrogens (primary N) is 2. The monoisotopic (exact) mass is 354 g/mol. The van der Waals surface area contributed by atoms with Gasteiger partial charge in [-0.05, 0) is 43.5 Å². The van der Waals surface area contributed by atoms with Crippen molar-refractivity contribution in [1.82, 2.24) is 9.88 Å². The summed E-state index contributed by atoms with van der Waals surface area (Å²) in [6.45, 7) is 10.4. The maximum absolute atomic E-state index is 6.13. The molecule has 1 aromatic heterocycles. The third-order valence-corrected chi connectivity index (χ3v) is 7.34. The van der Waals surface area contributed by atoms with E-state index in [1.54, 1.807) is 6.20 Å². The van der Waals surface area contributed by atoms with Crippen molar-refractivity contribution in [3.05, 3.63) is 47.7 Å². The molecule has 4 nitrogen and oxygen atoms in total. The van der Waals surface area contributed by atoms with Crippen LogP contribution in [0, 0.1) is 0 Å². The van der Waals surface area contributed by atoms with Gasteiger partial charge in [0.2, 0.25) is 0 Å². The molecule has 0 radical (unpaired) electrons. The van der Waals surface area contributed by atoms with Crippen LogP contribution in [0.15, 0.2) is 36.5 Å². The third-order valence-electron chi connectivity index (χ3n) is 5.28. The average molecular weight is 355 g/mol. The number of piperidine rings is 1. The second-order valence-electron chi connectivity index (χ2n) is 8.20. The van der Waals surface area contributed by atoms with Crippen molar-refractivity contribution in [2.24, 2.45) is 0 Å². The predicted molar refractivity (Wildman–Crippen MR) is 110 cm³/mol. The van der Waals surface area contributed by atoms with Crippen LogP contribution in [-0.2, 0) is 6.54 Å². The molecule has 1 aliphatic heterocycles. The summed E-state index contributed by atoms with van der Waals surface area (Å²) in [4.78, 5) is 6.75. The van der Waals surface area contributed by atoms with E-state index in [4.69, 9.17) is 11.5 Å². The first-order chi connectivity index (χ1) is 11.8. The smallest absolute Gasteiger partial charge is 0.128 e. The lowest BCUT2D eigenvalue weighted by Gasteiger charge is -2.33. The molecule has 2 aromatic rings. The summed E-state index contributed by atoms with van der Waals surface area (Å²) in [5, 5.41) is 1.53. The lowest BCUT2D eigenvalue weighted by atomic mass is 9.88. The fourth-order valence-electron chi connectivity index (χ4n) is 3.70. The van der Waals surface area contributed by atoms with E-state index in [0.29, 0.717) is 11.7 Å².